The van der Waals surface area contributed by atoms with E-state index in [2.05, 4.69) is 4.99 Å². The quantitative estimate of drug-likeness (QED) is 0.792. The van der Waals surface area contributed by atoms with Crippen LogP contribution in [0.1, 0.15) is 11.1 Å². The highest BCUT2D eigenvalue weighted by Crippen LogP contribution is 2.43. The summed E-state index contributed by atoms with van der Waals surface area (Å²) in [6.07, 6.45) is 0. The van der Waals surface area contributed by atoms with Crippen molar-refractivity contribution >= 4 is 17.6 Å². The van der Waals surface area contributed by atoms with Crippen LogP contribution in [-0.4, -0.2) is 11.9 Å². The van der Waals surface area contributed by atoms with Crippen molar-refractivity contribution in [3.63, 3.8) is 0 Å². The standard InChI is InChI=1S/C21H17N3O/c22-19-21(16-10-4-1-5-11-16,17-12-6-2-7-13-17)24(20(25)23-19)18-14-8-3-9-15-18/h1-15H,(H2,22,23,25). The fourth-order valence-electron chi connectivity index (χ4n) is 3.45. The molecule has 2 amide bonds. The number of carbonyl (C=O) groups excluding carboxylic acids is 1. The Labute approximate surface area is 146 Å². The third-order valence-electron chi connectivity index (χ3n) is 4.51. The van der Waals surface area contributed by atoms with Crippen molar-refractivity contribution in [2.75, 3.05) is 4.90 Å². The number of amidine groups is 1. The minimum Gasteiger partial charge on any atom is -0.384 e. The minimum absolute atomic E-state index is 0.277. The van der Waals surface area contributed by atoms with Crippen LogP contribution in [0.25, 0.3) is 0 Å². The second kappa shape index (κ2) is 5.91. The van der Waals surface area contributed by atoms with Gasteiger partial charge in [-0.3, -0.25) is 4.90 Å². The molecule has 3 aromatic rings. The second-order valence-corrected chi connectivity index (χ2v) is 5.89. The summed E-state index contributed by atoms with van der Waals surface area (Å²) in [4.78, 5) is 18.6. The van der Waals surface area contributed by atoms with E-state index in [0.717, 1.165) is 16.8 Å². The van der Waals surface area contributed by atoms with Crippen LogP contribution >= 0.6 is 0 Å². The van der Waals surface area contributed by atoms with E-state index in [1.807, 2.05) is 91.0 Å². The average Bonchev–Trinajstić information content (AvgIpc) is 2.94. The molecule has 0 aliphatic carbocycles. The Balaban J connectivity index is 2.05. The summed E-state index contributed by atoms with van der Waals surface area (Å²) in [5.74, 6) is 0.277. The summed E-state index contributed by atoms with van der Waals surface area (Å²) in [7, 11) is 0. The molecule has 25 heavy (non-hydrogen) atoms. The molecule has 4 heteroatoms. The molecule has 1 heterocycles. The molecule has 122 valence electrons. The van der Waals surface area contributed by atoms with Gasteiger partial charge in [0.05, 0.1) is 0 Å². The molecule has 0 atom stereocenters. The van der Waals surface area contributed by atoms with Gasteiger partial charge in [0.2, 0.25) is 0 Å². The number of nitrogens with zero attached hydrogens (tertiary/aromatic N) is 2. The molecule has 0 spiro atoms. The monoisotopic (exact) mass is 327 g/mol. The van der Waals surface area contributed by atoms with E-state index in [1.165, 1.54) is 0 Å². The topological polar surface area (TPSA) is 58.7 Å². The van der Waals surface area contributed by atoms with Gasteiger partial charge in [-0.1, -0.05) is 78.9 Å². The number of benzene rings is 3. The zero-order valence-corrected chi connectivity index (χ0v) is 13.5. The van der Waals surface area contributed by atoms with E-state index < -0.39 is 5.54 Å². The molecule has 0 radical (unpaired) electrons. The van der Waals surface area contributed by atoms with Gasteiger partial charge < -0.3 is 5.73 Å². The number of urea groups is 1. The van der Waals surface area contributed by atoms with Crippen LogP contribution in [0.2, 0.25) is 0 Å². The summed E-state index contributed by atoms with van der Waals surface area (Å²) in [5, 5.41) is 0. The lowest BCUT2D eigenvalue weighted by Gasteiger charge is -2.39. The van der Waals surface area contributed by atoms with E-state index >= 15 is 0 Å². The molecule has 3 aromatic carbocycles. The lowest BCUT2D eigenvalue weighted by atomic mass is 9.80. The molecule has 0 saturated heterocycles. The van der Waals surface area contributed by atoms with Crippen molar-refractivity contribution in [2.45, 2.75) is 5.54 Å². The van der Waals surface area contributed by atoms with Gasteiger partial charge in [0, 0.05) is 5.69 Å². The number of para-hydroxylation sites is 1. The zero-order valence-electron chi connectivity index (χ0n) is 13.5. The predicted octanol–water partition coefficient (Wildman–Crippen LogP) is 3.93. The number of hydrogen-bond donors (Lipinski definition) is 1. The number of amides is 2. The highest BCUT2D eigenvalue weighted by Gasteiger charge is 2.52. The van der Waals surface area contributed by atoms with Gasteiger partial charge in [0.25, 0.3) is 0 Å². The fourth-order valence-corrected chi connectivity index (χ4v) is 3.45. The molecule has 1 aliphatic rings. The molecule has 4 rings (SSSR count). The van der Waals surface area contributed by atoms with Gasteiger partial charge in [-0.15, -0.1) is 0 Å². The van der Waals surface area contributed by atoms with Crippen molar-refractivity contribution in [1.82, 2.24) is 0 Å². The van der Waals surface area contributed by atoms with Crippen LogP contribution in [0.15, 0.2) is 96.0 Å². The van der Waals surface area contributed by atoms with E-state index in [-0.39, 0.29) is 11.9 Å². The second-order valence-electron chi connectivity index (χ2n) is 5.89. The fraction of sp³-hybridized carbons (Fsp3) is 0.0476. The highest BCUT2D eigenvalue weighted by atomic mass is 16.2. The first-order chi connectivity index (χ1) is 12.2. The Bertz CT molecular complexity index is 882. The number of carbonyl (C=O) groups is 1. The molecule has 4 nitrogen and oxygen atoms in total. The Kier molecular flexibility index (Phi) is 3.58. The third kappa shape index (κ3) is 2.22. The zero-order chi connectivity index (χ0) is 17.3. The minimum atomic E-state index is -0.957. The van der Waals surface area contributed by atoms with Crippen molar-refractivity contribution in [2.24, 2.45) is 10.7 Å². The largest absolute Gasteiger partial charge is 0.384 e. The smallest absolute Gasteiger partial charge is 0.351 e. The maximum Gasteiger partial charge on any atom is 0.351 e. The first kappa shape index (κ1) is 15.1. The molecule has 0 bridgehead atoms. The van der Waals surface area contributed by atoms with Gasteiger partial charge in [-0.05, 0) is 23.3 Å². The molecule has 0 unspecified atom stereocenters. The van der Waals surface area contributed by atoms with Crippen molar-refractivity contribution < 1.29 is 4.79 Å². The summed E-state index contributed by atoms with van der Waals surface area (Å²) < 4.78 is 0. The molecular formula is C21H17N3O. The van der Waals surface area contributed by atoms with Crippen LogP contribution < -0.4 is 10.6 Å². The number of aliphatic imine (C=N–C) groups is 1. The first-order valence-electron chi connectivity index (χ1n) is 8.09. The summed E-state index contributed by atoms with van der Waals surface area (Å²) >= 11 is 0. The number of rotatable bonds is 3. The Morgan fingerprint density at radius 3 is 1.64 bits per heavy atom. The van der Waals surface area contributed by atoms with Crippen molar-refractivity contribution in [3.05, 3.63) is 102 Å². The predicted molar refractivity (Wildman–Crippen MR) is 99.6 cm³/mol. The number of nitrogens with two attached hydrogens (primary N) is 1. The highest BCUT2D eigenvalue weighted by molar-refractivity contribution is 6.17. The Morgan fingerprint density at radius 2 is 1.16 bits per heavy atom. The molecule has 0 fully saturated rings. The molecular weight excluding hydrogens is 310 g/mol. The van der Waals surface area contributed by atoms with Crippen LogP contribution in [0.5, 0.6) is 0 Å². The van der Waals surface area contributed by atoms with Crippen molar-refractivity contribution in [3.8, 4) is 0 Å². The molecule has 2 N–H and O–H groups in total. The van der Waals surface area contributed by atoms with E-state index in [0.29, 0.717) is 0 Å². The first-order valence-corrected chi connectivity index (χ1v) is 8.09. The van der Waals surface area contributed by atoms with Gasteiger partial charge in [-0.25, -0.2) is 4.79 Å². The molecule has 1 aliphatic heterocycles. The van der Waals surface area contributed by atoms with Crippen LogP contribution in [0.3, 0.4) is 0 Å². The Morgan fingerprint density at radius 1 is 0.720 bits per heavy atom. The van der Waals surface area contributed by atoms with Gasteiger partial charge in [0.15, 0.2) is 5.54 Å². The third-order valence-corrected chi connectivity index (χ3v) is 4.51. The van der Waals surface area contributed by atoms with Gasteiger partial charge >= 0.3 is 6.03 Å². The maximum absolute atomic E-state index is 12.8. The lowest BCUT2D eigenvalue weighted by molar-refractivity contribution is 0.254. The lowest BCUT2D eigenvalue weighted by Crippen LogP contribution is -2.52. The Hall–Kier alpha value is -3.40. The summed E-state index contributed by atoms with van der Waals surface area (Å²) in [6.45, 7) is 0. The van der Waals surface area contributed by atoms with E-state index in [9.17, 15) is 4.79 Å². The van der Waals surface area contributed by atoms with Crippen LogP contribution in [-0.2, 0) is 5.54 Å². The SMILES string of the molecule is NC1=NC(=O)N(c2ccccc2)C1(c1ccccc1)c1ccccc1. The summed E-state index contributed by atoms with van der Waals surface area (Å²) in [6, 6.07) is 28.7. The molecule has 0 saturated carbocycles. The number of anilines is 1. The normalized spacial score (nSPS) is 15.9. The maximum atomic E-state index is 12.8. The molecule has 0 aromatic heterocycles. The van der Waals surface area contributed by atoms with Crippen molar-refractivity contribution in [1.29, 1.82) is 0 Å². The number of hydrogen-bond acceptors (Lipinski definition) is 2. The van der Waals surface area contributed by atoms with Gasteiger partial charge in [0.1, 0.15) is 5.84 Å². The van der Waals surface area contributed by atoms with Gasteiger partial charge in [-0.2, -0.15) is 4.99 Å². The summed E-state index contributed by atoms with van der Waals surface area (Å²) in [5.41, 5.74) is 7.98. The van der Waals surface area contributed by atoms with E-state index in [1.54, 1.807) is 4.90 Å². The van der Waals surface area contributed by atoms with Crippen LogP contribution in [0.4, 0.5) is 10.5 Å². The van der Waals surface area contributed by atoms with Crippen LogP contribution in [0, 0.1) is 0 Å². The average molecular weight is 327 g/mol. The van der Waals surface area contributed by atoms with E-state index in [4.69, 9.17) is 5.73 Å².